The van der Waals surface area contributed by atoms with Crippen molar-refractivity contribution in [2.75, 3.05) is 36.2 Å². The third-order valence-corrected chi connectivity index (χ3v) is 7.20. The van der Waals surface area contributed by atoms with Gasteiger partial charge >= 0.3 is 6.03 Å². The van der Waals surface area contributed by atoms with Gasteiger partial charge in [-0.2, -0.15) is 0 Å². The normalized spacial score (nSPS) is 18.1. The standard InChI is InChI=1S/C25H28N6O4S/c1-16-15-35-10-9-31(16)23-12-22(18-11-21(14-26-13-18)36(2,33)34)29-24(30-23)17-3-5-19(6-4-17)27-25(32)28-20-7-8-20/h3-6,11-14,16,20H,7-10,15H2,1-2H3,(H2,27,28,32)/t16-/m0/s1. The number of morpholine rings is 1. The molecule has 3 aromatic rings. The summed E-state index contributed by atoms with van der Waals surface area (Å²) >= 11 is 0. The van der Waals surface area contributed by atoms with E-state index in [4.69, 9.17) is 14.7 Å². The van der Waals surface area contributed by atoms with Gasteiger partial charge in [0.1, 0.15) is 5.82 Å². The number of carbonyl (C=O) groups excluding carboxylic acids is 1. The molecule has 0 bridgehead atoms. The number of aromatic nitrogens is 3. The van der Waals surface area contributed by atoms with Crippen LogP contribution in [0, 0.1) is 0 Å². The van der Waals surface area contributed by atoms with E-state index in [0.717, 1.165) is 30.5 Å². The monoisotopic (exact) mass is 508 g/mol. The van der Waals surface area contributed by atoms with E-state index in [2.05, 4.69) is 27.4 Å². The maximum Gasteiger partial charge on any atom is 0.319 e. The van der Waals surface area contributed by atoms with Crippen LogP contribution in [0.5, 0.6) is 0 Å². The highest BCUT2D eigenvalue weighted by atomic mass is 32.2. The summed E-state index contributed by atoms with van der Waals surface area (Å²) in [6.45, 7) is 3.92. The predicted octanol–water partition coefficient (Wildman–Crippen LogP) is 3.12. The van der Waals surface area contributed by atoms with Gasteiger partial charge in [-0.1, -0.05) is 0 Å². The lowest BCUT2D eigenvalue weighted by Crippen LogP contribution is -2.44. The Kier molecular flexibility index (Phi) is 6.59. The van der Waals surface area contributed by atoms with Gasteiger partial charge in [0.2, 0.25) is 0 Å². The molecule has 2 aliphatic rings. The third-order valence-electron chi connectivity index (χ3n) is 6.13. The zero-order valence-electron chi connectivity index (χ0n) is 20.1. The van der Waals surface area contributed by atoms with Gasteiger partial charge in [0.25, 0.3) is 0 Å². The van der Waals surface area contributed by atoms with Crippen LogP contribution in [0.25, 0.3) is 22.6 Å². The molecule has 2 fully saturated rings. The Hall–Kier alpha value is -3.57. The Balaban J connectivity index is 1.50. The number of anilines is 2. The van der Waals surface area contributed by atoms with Crippen molar-refractivity contribution in [2.45, 2.75) is 36.7 Å². The topological polar surface area (TPSA) is 126 Å². The zero-order valence-corrected chi connectivity index (χ0v) is 21.0. The molecule has 1 aromatic carbocycles. The number of benzene rings is 1. The highest BCUT2D eigenvalue weighted by molar-refractivity contribution is 7.90. The second-order valence-corrected chi connectivity index (χ2v) is 11.2. The predicted molar refractivity (Wildman–Crippen MR) is 137 cm³/mol. The van der Waals surface area contributed by atoms with E-state index in [1.807, 2.05) is 18.2 Å². The largest absolute Gasteiger partial charge is 0.377 e. The van der Waals surface area contributed by atoms with Gasteiger partial charge < -0.3 is 20.3 Å². The van der Waals surface area contributed by atoms with Gasteiger partial charge in [0.05, 0.1) is 29.8 Å². The fraction of sp³-hybridized carbons (Fsp3) is 0.360. The fourth-order valence-corrected chi connectivity index (χ4v) is 4.56. The average Bonchev–Trinajstić information content (AvgIpc) is 3.68. The van der Waals surface area contributed by atoms with Crippen molar-refractivity contribution in [1.82, 2.24) is 20.3 Å². The molecule has 0 unspecified atom stereocenters. The van der Waals surface area contributed by atoms with Gasteiger partial charge in [-0.3, -0.25) is 4.98 Å². The van der Waals surface area contributed by atoms with E-state index < -0.39 is 9.84 Å². The van der Waals surface area contributed by atoms with E-state index in [-0.39, 0.29) is 23.0 Å². The minimum absolute atomic E-state index is 0.117. The number of ether oxygens (including phenoxy) is 1. The van der Waals surface area contributed by atoms with Gasteiger partial charge in [0, 0.05) is 54.1 Å². The molecule has 36 heavy (non-hydrogen) atoms. The van der Waals surface area contributed by atoms with Crippen molar-refractivity contribution >= 4 is 27.4 Å². The zero-order chi connectivity index (χ0) is 25.3. The van der Waals surface area contributed by atoms with Crippen LogP contribution < -0.4 is 15.5 Å². The molecule has 0 radical (unpaired) electrons. The summed E-state index contributed by atoms with van der Waals surface area (Å²) in [7, 11) is -3.43. The highest BCUT2D eigenvalue weighted by Gasteiger charge is 2.24. The molecule has 3 heterocycles. The molecule has 1 saturated heterocycles. The number of sulfone groups is 1. The SMILES string of the molecule is C[C@H]1COCCN1c1cc(-c2cncc(S(C)(=O)=O)c2)nc(-c2ccc(NC(=O)NC3CC3)cc2)n1. The summed E-state index contributed by atoms with van der Waals surface area (Å²) < 4.78 is 29.8. The van der Waals surface area contributed by atoms with E-state index in [1.54, 1.807) is 24.4 Å². The minimum Gasteiger partial charge on any atom is -0.377 e. The highest BCUT2D eigenvalue weighted by Crippen LogP contribution is 2.29. The second kappa shape index (κ2) is 9.82. The van der Waals surface area contributed by atoms with Crippen molar-refractivity contribution in [2.24, 2.45) is 0 Å². The van der Waals surface area contributed by atoms with Crippen LogP contribution in [0.2, 0.25) is 0 Å². The lowest BCUT2D eigenvalue weighted by atomic mass is 10.1. The first-order valence-corrected chi connectivity index (χ1v) is 13.7. The van der Waals surface area contributed by atoms with E-state index in [1.165, 1.54) is 6.20 Å². The Morgan fingerprint density at radius 1 is 1.08 bits per heavy atom. The van der Waals surface area contributed by atoms with Gasteiger partial charge in [-0.05, 0) is 50.1 Å². The smallest absolute Gasteiger partial charge is 0.319 e. The second-order valence-electron chi connectivity index (χ2n) is 9.18. The molecule has 1 aliphatic carbocycles. The lowest BCUT2D eigenvalue weighted by molar-refractivity contribution is 0.0985. The fourth-order valence-electron chi connectivity index (χ4n) is 3.97. The summed E-state index contributed by atoms with van der Waals surface area (Å²) in [5.74, 6) is 1.21. The first-order valence-electron chi connectivity index (χ1n) is 11.8. The number of nitrogens with zero attached hydrogens (tertiary/aromatic N) is 4. The number of carbonyl (C=O) groups is 1. The summed E-state index contributed by atoms with van der Waals surface area (Å²) in [5.41, 5.74) is 2.58. The van der Waals surface area contributed by atoms with Crippen LogP contribution in [0.4, 0.5) is 16.3 Å². The van der Waals surface area contributed by atoms with Gasteiger partial charge in [-0.15, -0.1) is 0 Å². The molecule has 0 spiro atoms. The van der Waals surface area contributed by atoms with Crippen molar-refractivity contribution in [3.8, 4) is 22.6 Å². The summed E-state index contributed by atoms with van der Waals surface area (Å²) in [5, 5.41) is 5.74. The van der Waals surface area contributed by atoms with Crippen LogP contribution in [0.1, 0.15) is 19.8 Å². The van der Waals surface area contributed by atoms with E-state index in [9.17, 15) is 13.2 Å². The van der Waals surface area contributed by atoms with E-state index in [0.29, 0.717) is 42.5 Å². The van der Waals surface area contributed by atoms with Gasteiger partial charge in [-0.25, -0.2) is 23.2 Å². The van der Waals surface area contributed by atoms with Gasteiger partial charge in [0.15, 0.2) is 15.7 Å². The number of rotatable bonds is 6. The average molecular weight is 509 g/mol. The number of hydrogen-bond acceptors (Lipinski definition) is 8. The summed E-state index contributed by atoms with van der Waals surface area (Å²) in [4.78, 5) is 28.1. The maximum atomic E-state index is 12.1. The molecule has 1 atom stereocenters. The van der Waals surface area contributed by atoms with Crippen LogP contribution in [0.15, 0.2) is 53.7 Å². The number of nitrogens with one attached hydrogen (secondary N) is 2. The lowest BCUT2D eigenvalue weighted by Gasteiger charge is -2.34. The van der Waals surface area contributed by atoms with Crippen molar-refractivity contribution in [3.05, 3.63) is 48.8 Å². The van der Waals surface area contributed by atoms with Crippen LogP contribution in [-0.4, -0.2) is 67.5 Å². The van der Waals surface area contributed by atoms with Crippen LogP contribution >= 0.6 is 0 Å². The number of urea groups is 1. The van der Waals surface area contributed by atoms with Crippen LogP contribution in [0.3, 0.4) is 0 Å². The maximum absolute atomic E-state index is 12.1. The molecule has 10 nitrogen and oxygen atoms in total. The summed E-state index contributed by atoms with van der Waals surface area (Å²) in [6.07, 6.45) is 6.12. The molecule has 1 aliphatic heterocycles. The Bertz CT molecular complexity index is 1380. The molecule has 2 amide bonds. The first-order chi connectivity index (χ1) is 17.3. The Morgan fingerprint density at radius 3 is 2.56 bits per heavy atom. The molecule has 188 valence electrons. The Labute approximate surface area is 210 Å². The molecule has 5 rings (SSSR count). The molecule has 2 N–H and O–H groups in total. The molecular weight excluding hydrogens is 480 g/mol. The molecule has 1 saturated carbocycles. The number of amides is 2. The Morgan fingerprint density at radius 2 is 1.86 bits per heavy atom. The van der Waals surface area contributed by atoms with Crippen molar-refractivity contribution in [1.29, 1.82) is 0 Å². The summed E-state index contributed by atoms with van der Waals surface area (Å²) in [6, 6.07) is 10.9. The minimum atomic E-state index is -3.43. The van der Waals surface area contributed by atoms with Crippen molar-refractivity contribution < 1.29 is 17.9 Å². The quantitative estimate of drug-likeness (QED) is 0.520. The van der Waals surface area contributed by atoms with Crippen molar-refractivity contribution in [3.63, 3.8) is 0 Å². The first kappa shape index (κ1) is 24.1. The number of pyridine rings is 1. The third kappa shape index (κ3) is 5.63. The number of hydrogen-bond donors (Lipinski definition) is 2. The molecular formula is C25H28N6O4S. The molecule has 11 heteroatoms. The van der Waals surface area contributed by atoms with Crippen LogP contribution in [-0.2, 0) is 14.6 Å². The molecule has 2 aromatic heterocycles. The van der Waals surface area contributed by atoms with E-state index >= 15 is 0 Å².